The van der Waals surface area contributed by atoms with Gasteiger partial charge in [-0.15, -0.1) is 0 Å². The molecule has 20 heavy (non-hydrogen) atoms. The Balaban J connectivity index is 1.48. The van der Waals surface area contributed by atoms with Crippen molar-refractivity contribution in [1.29, 1.82) is 0 Å². The van der Waals surface area contributed by atoms with E-state index in [-0.39, 0.29) is 0 Å². The molecule has 108 valence electrons. The number of hydrogen-bond donors (Lipinski definition) is 1. The summed E-state index contributed by atoms with van der Waals surface area (Å²) < 4.78 is 26.3. The van der Waals surface area contributed by atoms with E-state index in [0.717, 1.165) is 41.6 Å². The quantitative estimate of drug-likeness (QED) is 0.889. The summed E-state index contributed by atoms with van der Waals surface area (Å²) in [6, 6.07) is 4.73. The molecular weight excluding hydrogens is 256 g/mol. The second kappa shape index (κ2) is 4.52. The van der Waals surface area contributed by atoms with Gasteiger partial charge < -0.3 is 5.32 Å². The number of nitrogens with one attached hydrogen (secondary N) is 1. The van der Waals surface area contributed by atoms with Gasteiger partial charge in [-0.2, -0.15) is 0 Å². The molecule has 3 heteroatoms. The molecule has 2 bridgehead atoms. The van der Waals surface area contributed by atoms with E-state index in [1.807, 2.05) is 7.05 Å². The van der Waals surface area contributed by atoms with Crippen molar-refractivity contribution < 1.29 is 8.78 Å². The zero-order valence-electron chi connectivity index (χ0n) is 11.8. The molecule has 3 fully saturated rings. The van der Waals surface area contributed by atoms with Crippen molar-refractivity contribution in [1.82, 2.24) is 5.32 Å². The first kappa shape index (κ1) is 12.8. The van der Waals surface area contributed by atoms with Crippen LogP contribution in [0.15, 0.2) is 18.2 Å². The Labute approximate surface area is 118 Å². The van der Waals surface area contributed by atoms with Gasteiger partial charge in [0.05, 0.1) is 0 Å². The third-order valence-electron chi connectivity index (χ3n) is 6.07. The van der Waals surface area contributed by atoms with Crippen LogP contribution in [-0.2, 0) is 6.42 Å². The molecule has 0 aromatic heterocycles. The summed E-state index contributed by atoms with van der Waals surface area (Å²) >= 11 is 0. The SMILES string of the molecule is CNC(Cc1ccc(F)c(F)c1)C1C2C3CCC(C3)C21. The number of fused-ring (bicyclic) bond motifs is 5. The molecule has 3 saturated carbocycles. The van der Waals surface area contributed by atoms with Gasteiger partial charge in [-0.25, -0.2) is 8.78 Å². The lowest BCUT2D eigenvalue weighted by molar-refractivity contribution is 0.376. The Morgan fingerprint density at radius 2 is 1.85 bits per heavy atom. The standard InChI is InChI=1S/C17H21F2N/c1-20-14(7-9-2-5-12(18)13(19)6-9)17-15-10-3-4-11(8-10)16(15)17/h2,5-6,10-11,14-17,20H,3-4,7-8H2,1H3. The second-order valence-corrected chi connectivity index (χ2v) is 6.91. The highest BCUT2D eigenvalue weighted by Crippen LogP contribution is 2.70. The van der Waals surface area contributed by atoms with Gasteiger partial charge in [0.15, 0.2) is 11.6 Å². The number of halogens is 2. The molecular formula is C17H21F2N. The average molecular weight is 277 g/mol. The number of hydrogen-bond acceptors (Lipinski definition) is 1. The Bertz CT molecular complexity index is 514. The summed E-state index contributed by atoms with van der Waals surface area (Å²) in [4.78, 5) is 0. The molecule has 0 spiro atoms. The first-order valence-corrected chi connectivity index (χ1v) is 7.80. The van der Waals surface area contributed by atoms with Crippen molar-refractivity contribution in [2.45, 2.75) is 31.7 Å². The lowest BCUT2D eigenvalue weighted by Crippen LogP contribution is -2.32. The van der Waals surface area contributed by atoms with Crippen LogP contribution in [0.3, 0.4) is 0 Å². The molecule has 5 atom stereocenters. The van der Waals surface area contributed by atoms with Gasteiger partial charge in [-0.3, -0.25) is 0 Å². The van der Waals surface area contributed by atoms with Crippen LogP contribution in [-0.4, -0.2) is 13.1 Å². The van der Waals surface area contributed by atoms with Crippen LogP contribution in [0.2, 0.25) is 0 Å². The number of rotatable bonds is 4. The van der Waals surface area contributed by atoms with Crippen molar-refractivity contribution in [2.24, 2.45) is 29.6 Å². The van der Waals surface area contributed by atoms with E-state index < -0.39 is 11.6 Å². The molecule has 1 aromatic rings. The van der Waals surface area contributed by atoms with E-state index in [2.05, 4.69) is 5.32 Å². The van der Waals surface area contributed by atoms with Gasteiger partial charge >= 0.3 is 0 Å². The highest BCUT2D eigenvalue weighted by Gasteiger charge is 2.66. The highest BCUT2D eigenvalue weighted by molar-refractivity contribution is 5.22. The Kier molecular flexibility index (Phi) is 2.88. The minimum Gasteiger partial charge on any atom is -0.316 e. The number of benzene rings is 1. The third-order valence-corrected chi connectivity index (χ3v) is 6.07. The summed E-state index contributed by atoms with van der Waals surface area (Å²) in [5.41, 5.74) is 0.903. The molecule has 0 aliphatic heterocycles. The van der Waals surface area contributed by atoms with E-state index in [1.165, 1.54) is 31.4 Å². The van der Waals surface area contributed by atoms with Crippen molar-refractivity contribution in [3.05, 3.63) is 35.4 Å². The maximum Gasteiger partial charge on any atom is 0.159 e. The van der Waals surface area contributed by atoms with Crippen LogP contribution in [0.5, 0.6) is 0 Å². The molecule has 5 unspecified atom stereocenters. The molecule has 0 heterocycles. The van der Waals surface area contributed by atoms with Gasteiger partial charge in [0.2, 0.25) is 0 Å². The summed E-state index contributed by atoms with van der Waals surface area (Å²) in [5.74, 6) is 3.02. The van der Waals surface area contributed by atoms with Crippen molar-refractivity contribution >= 4 is 0 Å². The molecule has 3 aliphatic carbocycles. The fraction of sp³-hybridized carbons (Fsp3) is 0.647. The molecule has 0 saturated heterocycles. The summed E-state index contributed by atoms with van der Waals surface area (Å²) in [7, 11) is 2.00. The fourth-order valence-electron chi connectivity index (χ4n) is 5.28. The summed E-state index contributed by atoms with van der Waals surface area (Å²) in [6.45, 7) is 0. The number of likely N-dealkylation sites (N-methyl/N-ethyl adjacent to an activating group) is 1. The first-order chi connectivity index (χ1) is 9.69. The van der Waals surface area contributed by atoms with Crippen LogP contribution in [0.1, 0.15) is 24.8 Å². The predicted molar refractivity (Wildman–Crippen MR) is 74.2 cm³/mol. The second-order valence-electron chi connectivity index (χ2n) is 6.91. The van der Waals surface area contributed by atoms with Gasteiger partial charge in [-0.1, -0.05) is 6.07 Å². The van der Waals surface area contributed by atoms with Crippen LogP contribution >= 0.6 is 0 Å². The van der Waals surface area contributed by atoms with E-state index in [0.29, 0.717) is 6.04 Å². The zero-order chi connectivity index (χ0) is 13.9. The van der Waals surface area contributed by atoms with Crippen LogP contribution in [0.4, 0.5) is 8.78 Å². The monoisotopic (exact) mass is 277 g/mol. The minimum absolute atomic E-state index is 0.415. The van der Waals surface area contributed by atoms with Crippen LogP contribution in [0.25, 0.3) is 0 Å². The van der Waals surface area contributed by atoms with Gasteiger partial charge in [0, 0.05) is 6.04 Å². The van der Waals surface area contributed by atoms with Gasteiger partial charge in [0.25, 0.3) is 0 Å². The predicted octanol–water partition coefficient (Wildman–Crippen LogP) is 3.39. The van der Waals surface area contributed by atoms with Crippen molar-refractivity contribution in [3.8, 4) is 0 Å². The van der Waals surface area contributed by atoms with Gasteiger partial charge in [0.1, 0.15) is 0 Å². The van der Waals surface area contributed by atoms with E-state index in [1.54, 1.807) is 6.07 Å². The zero-order valence-corrected chi connectivity index (χ0v) is 11.8. The minimum atomic E-state index is -0.754. The van der Waals surface area contributed by atoms with Crippen LogP contribution in [0, 0.1) is 41.2 Å². The van der Waals surface area contributed by atoms with E-state index in [9.17, 15) is 8.78 Å². The Morgan fingerprint density at radius 1 is 1.15 bits per heavy atom. The third kappa shape index (κ3) is 1.82. The summed E-state index contributed by atoms with van der Waals surface area (Å²) in [6.07, 6.45) is 5.10. The molecule has 3 aliphatic rings. The van der Waals surface area contributed by atoms with E-state index in [4.69, 9.17) is 0 Å². The van der Waals surface area contributed by atoms with Gasteiger partial charge in [-0.05, 0) is 80.0 Å². The molecule has 1 N–H and O–H groups in total. The van der Waals surface area contributed by atoms with Crippen molar-refractivity contribution in [3.63, 3.8) is 0 Å². The maximum atomic E-state index is 13.3. The first-order valence-electron chi connectivity index (χ1n) is 7.80. The molecule has 0 amide bonds. The van der Waals surface area contributed by atoms with Crippen LogP contribution < -0.4 is 5.32 Å². The lowest BCUT2D eigenvalue weighted by Gasteiger charge is -2.20. The maximum absolute atomic E-state index is 13.3. The Morgan fingerprint density at radius 3 is 2.45 bits per heavy atom. The average Bonchev–Trinajstić information content (AvgIpc) is 2.87. The largest absolute Gasteiger partial charge is 0.316 e. The Hall–Kier alpha value is -0.960. The molecule has 4 rings (SSSR count). The normalized spacial score (nSPS) is 38.9. The molecule has 1 nitrogen and oxygen atoms in total. The lowest BCUT2D eigenvalue weighted by atomic mass is 9.93. The summed E-state index contributed by atoms with van der Waals surface area (Å²) in [5, 5.41) is 3.43. The van der Waals surface area contributed by atoms with E-state index >= 15 is 0 Å². The topological polar surface area (TPSA) is 12.0 Å². The molecule has 0 radical (unpaired) electrons. The highest BCUT2D eigenvalue weighted by atomic mass is 19.2. The fourth-order valence-corrected chi connectivity index (χ4v) is 5.28. The molecule has 1 aromatic carbocycles. The smallest absolute Gasteiger partial charge is 0.159 e. The van der Waals surface area contributed by atoms with Crippen molar-refractivity contribution in [2.75, 3.05) is 7.05 Å².